The quantitative estimate of drug-likeness (QED) is 0.506. The smallest absolute Gasteiger partial charge is 0.127 e. The van der Waals surface area contributed by atoms with Gasteiger partial charge in [-0.05, 0) is 25.8 Å². The average molecular weight is 220 g/mol. The Balaban J connectivity index is 2.60. The van der Waals surface area contributed by atoms with Gasteiger partial charge in [0.15, 0.2) is 0 Å². The number of hydrogen-bond acceptors (Lipinski definition) is 2. The number of rotatable bonds is 6. The molecule has 1 rings (SSSR count). The normalized spacial score (nSPS) is 21.6. The molecule has 0 fully saturated rings. The molecule has 16 heavy (non-hydrogen) atoms. The van der Waals surface area contributed by atoms with Gasteiger partial charge in [-0.2, -0.15) is 0 Å². The van der Waals surface area contributed by atoms with Gasteiger partial charge in [-0.15, -0.1) is 0 Å². The van der Waals surface area contributed by atoms with Crippen LogP contribution in [0.25, 0.3) is 0 Å². The van der Waals surface area contributed by atoms with E-state index in [2.05, 4.69) is 19.6 Å². The van der Waals surface area contributed by atoms with E-state index >= 15 is 0 Å². The van der Waals surface area contributed by atoms with Gasteiger partial charge in [-0.1, -0.05) is 30.7 Å². The van der Waals surface area contributed by atoms with Gasteiger partial charge in [0.05, 0.1) is 12.2 Å². The van der Waals surface area contributed by atoms with Crippen LogP contribution in [0.2, 0.25) is 0 Å². The Kier molecular flexibility index (Phi) is 5.03. The molecular formula is C14H20O2. The predicted octanol–water partition coefficient (Wildman–Crippen LogP) is 3.41. The Hall–Kier alpha value is -1.31. The Morgan fingerprint density at radius 2 is 2.44 bits per heavy atom. The van der Waals surface area contributed by atoms with Crippen molar-refractivity contribution in [1.29, 1.82) is 0 Å². The molecule has 0 spiro atoms. The zero-order valence-corrected chi connectivity index (χ0v) is 10.1. The first-order chi connectivity index (χ1) is 7.67. The minimum Gasteiger partial charge on any atom is -0.497 e. The average Bonchev–Trinajstić information content (AvgIpc) is 2.76. The molecule has 0 aromatic heterocycles. The fraction of sp³-hybridized carbons (Fsp3) is 0.500. The highest BCUT2D eigenvalue weighted by molar-refractivity contribution is 5.55. The standard InChI is InChI=1S/C14H20O2/c1-4-12(8-11(2)3)9-13(10-15)14-6-5-7-16-14/h5,7-8,10,13-14H,2,4,6,9H2,1,3H3. The van der Waals surface area contributed by atoms with Gasteiger partial charge < -0.3 is 9.53 Å². The second-order valence-electron chi connectivity index (χ2n) is 4.29. The molecule has 0 aromatic rings. The number of allylic oxidation sites excluding steroid dienone is 3. The second-order valence-corrected chi connectivity index (χ2v) is 4.29. The highest BCUT2D eigenvalue weighted by atomic mass is 16.5. The fourth-order valence-corrected chi connectivity index (χ4v) is 1.90. The molecule has 0 amide bonds. The van der Waals surface area contributed by atoms with Crippen molar-refractivity contribution in [3.05, 3.63) is 36.1 Å². The van der Waals surface area contributed by atoms with E-state index in [0.717, 1.165) is 31.1 Å². The van der Waals surface area contributed by atoms with Crippen LogP contribution in [0.5, 0.6) is 0 Å². The van der Waals surface area contributed by atoms with Crippen LogP contribution in [-0.4, -0.2) is 12.4 Å². The maximum Gasteiger partial charge on any atom is 0.127 e. The van der Waals surface area contributed by atoms with Gasteiger partial charge >= 0.3 is 0 Å². The van der Waals surface area contributed by atoms with E-state index < -0.39 is 0 Å². The molecule has 1 heterocycles. The van der Waals surface area contributed by atoms with Crippen LogP contribution in [0.15, 0.2) is 36.1 Å². The lowest BCUT2D eigenvalue weighted by Gasteiger charge is -2.18. The topological polar surface area (TPSA) is 26.3 Å². The number of hydrogen-bond donors (Lipinski definition) is 0. The van der Waals surface area contributed by atoms with Gasteiger partial charge in [0.1, 0.15) is 12.4 Å². The first-order valence-corrected chi connectivity index (χ1v) is 5.78. The predicted molar refractivity (Wildman–Crippen MR) is 66.0 cm³/mol. The first kappa shape index (κ1) is 12.8. The first-order valence-electron chi connectivity index (χ1n) is 5.78. The lowest BCUT2D eigenvalue weighted by Crippen LogP contribution is -2.21. The highest BCUT2D eigenvalue weighted by Gasteiger charge is 2.24. The van der Waals surface area contributed by atoms with Crippen LogP contribution in [0.3, 0.4) is 0 Å². The maximum atomic E-state index is 11.1. The molecular weight excluding hydrogens is 200 g/mol. The van der Waals surface area contributed by atoms with E-state index in [9.17, 15) is 4.79 Å². The highest BCUT2D eigenvalue weighted by Crippen LogP contribution is 2.24. The summed E-state index contributed by atoms with van der Waals surface area (Å²) in [6.07, 6.45) is 9.34. The monoisotopic (exact) mass is 220 g/mol. The van der Waals surface area contributed by atoms with E-state index in [1.807, 2.05) is 13.0 Å². The lowest BCUT2D eigenvalue weighted by molar-refractivity contribution is -0.114. The molecule has 0 N–H and O–H groups in total. The number of ether oxygens (including phenoxy) is 1. The van der Waals surface area contributed by atoms with Crippen LogP contribution in [-0.2, 0) is 9.53 Å². The molecule has 2 nitrogen and oxygen atoms in total. The number of aldehydes is 1. The van der Waals surface area contributed by atoms with Gasteiger partial charge in [-0.25, -0.2) is 0 Å². The summed E-state index contributed by atoms with van der Waals surface area (Å²) in [7, 11) is 0. The summed E-state index contributed by atoms with van der Waals surface area (Å²) in [5.41, 5.74) is 2.30. The van der Waals surface area contributed by atoms with Gasteiger partial charge in [-0.3, -0.25) is 0 Å². The third-order valence-corrected chi connectivity index (χ3v) is 2.77. The third-order valence-electron chi connectivity index (χ3n) is 2.77. The maximum absolute atomic E-state index is 11.1. The van der Waals surface area contributed by atoms with Crippen molar-refractivity contribution in [2.45, 2.75) is 39.2 Å². The van der Waals surface area contributed by atoms with Crippen LogP contribution in [0.4, 0.5) is 0 Å². The van der Waals surface area contributed by atoms with E-state index in [4.69, 9.17) is 4.74 Å². The molecule has 0 aromatic carbocycles. The van der Waals surface area contributed by atoms with Crippen LogP contribution < -0.4 is 0 Å². The molecule has 0 aliphatic carbocycles. The van der Waals surface area contributed by atoms with Gasteiger partial charge in [0.2, 0.25) is 0 Å². The second kappa shape index (κ2) is 6.31. The molecule has 0 saturated heterocycles. The Labute approximate surface area is 97.7 Å². The SMILES string of the molecule is C=C(C)C=C(CC)CC(C=O)C1CC=CO1. The minimum absolute atomic E-state index is 0.0255. The summed E-state index contributed by atoms with van der Waals surface area (Å²) in [6.45, 7) is 7.94. The third kappa shape index (κ3) is 3.69. The fourth-order valence-electron chi connectivity index (χ4n) is 1.90. The van der Waals surface area contributed by atoms with E-state index in [0.29, 0.717) is 0 Å². The van der Waals surface area contributed by atoms with Gasteiger partial charge in [0.25, 0.3) is 0 Å². The molecule has 0 saturated carbocycles. The zero-order valence-electron chi connectivity index (χ0n) is 10.1. The molecule has 2 heteroatoms. The van der Waals surface area contributed by atoms with Crippen molar-refractivity contribution in [2.24, 2.45) is 5.92 Å². The largest absolute Gasteiger partial charge is 0.497 e. The zero-order chi connectivity index (χ0) is 12.0. The van der Waals surface area contributed by atoms with Crippen molar-refractivity contribution in [1.82, 2.24) is 0 Å². The van der Waals surface area contributed by atoms with E-state index in [1.165, 1.54) is 5.57 Å². The van der Waals surface area contributed by atoms with Crippen molar-refractivity contribution < 1.29 is 9.53 Å². The van der Waals surface area contributed by atoms with Gasteiger partial charge in [0, 0.05) is 6.42 Å². The molecule has 0 radical (unpaired) electrons. The number of carbonyl (C=O) groups excluding carboxylic acids is 1. The van der Waals surface area contributed by atoms with Crippen molar-refractivity contribution >= 4 is 6.29 Å². The van der Waals surface area contributed by atoms with Crippen LogP contribution in [0, 0.1) is 5.92 Å². The number of carbonyl (C=O) groups is 1. The van der Waals surface area contributed by atoms with E-state index in [-0.39, 0.29) is 12.0 Å². The van der Waals surface area contributed by atoms with Crippen LogP contribution >= 0.6 is 0 Å². The summed E-state index contributed by atoms with van der Waals surface area (Å²) in [5.74, 6) is -0.0412. The van der Waals surface area contributed by atoms with Crippen LogP contribution in [0.1, 0.15) is 33.1 Å². The summed E-state index contributed by atoms with van der Waals surface area (Å²) >= 11 is 0. The molecule has 88 valence electrons. The van der Waals surface area contributed by atoms with E-state index in [1.54, 1.807) is 6.26 Å². The Morgan fingerprint density at radius 1 is 1.69 bits per heavy atom. The molecule has 2 atom stereocenters. The summed E-state index contributed by atoms with van der Waals surface area (Å²) in [6, 6.07) is 0. The molecule has 2 unspecified atom stereocenters. The summed E-state index contributed by atoms with van der Waals surface area (Å²) in [5, 5.41) is 0. The Bertz CT molecular complexity index is 305. The molecule has 1 aliphatic heterocycles. The van der Waals surface area contributed by atoms with Crippen molar-refractivity contribution in [3.8, 4) is 0 Å². The lowest BCUT2D eigenvalue weighted by atomic mass is 9.92. The summed E-state index contributed by atoms with van der Waals surface area (Å²) < 4.78 is 5.39. The summed E-state index contributed by atoms with van der Waals surface area (Å²) in [4.78, 5) is 11.1. The molecule has 1 aliphatic rings. The van der Waals surface area contributed by atoms with Crippen molar-refractivity contribution in [2.75, 3.05) is 0 Å². The molecule has 0 bridgehead atoms. The van der Waals surface area contributed by atoms with Crippen molar-refractivity contribution in [3.63, 3.8) is 0 Å². The minimum atomic E-state index is -0.0412. The Morgan fingerprint density at radius 3 is 2.88 bits per heavy atom.